The molecule has 7 heteroatoms. The van der Waals surface area contributed by atoms with E-state index in [1.807, 2.05) is 35.2 Å². The minimum absolute atomic E-state index is 0.0679. The second-order valence-corrected chi connectivity index (χ2v) is 7.34. The highest BCUT2D eigenvalue weighted by atomic mass is 16.3. The summed E-state index contributed by atoms with van der Waals surface area (Å²) in [6.45, 7) is 1.70. The maximum Gasteiger partial charge on any atom is 0.318 e. The number of piperidine rings is 1. The molecule has 1 aliphatic heterocycles. The van der Waals surface area contributed by atoms with Crippen LogP contribution in [0.2, 0.25) is 0 Å². The fraction of sp³-hybridized carbons (Fsp3) is 0.500. The van der Waals surface area contributed by atoms with Crippen molar-refractivity contribution in [2.24, 2.45) is 0 Å². The van der Waals surface area contributed by atoms with Gasteiger partial charge in [-0.25, -0.2) is 9.59 Å². The van der Waals surface area contributed by atoms with Crippen molar-refractivity contribution in [3.8, 4) is 0 Å². The summed E-state index contributed by atoms with van der Waals surface area (Å²) in [5.74, 6) is 0.746. The van der Waals surface area contributed by atoms with E-state index in [9.17, 15) is 9.59 Å². The van der Waals surface area contributed by atoms with Crippen LogP contribution in [0.1, 0.15) is 31.4 Å². The van der Waals surface area contributed by atoms with Crippen molar-refractivity contribution in [2.75, 3.05) is 20.1 Å². The van der Waals surface area contributed by atoms with E-state index in [4.69, 9.17) is 4.42 Å². The lowest BCUT2D eigenvalue weighted by Gasteiger charge is -2.39. The fourth-order valence-electron chi connectivity index (χ4n) is 3.88. The number of nitrogens with one attached hydrogen (secondary N) is 2. The first kappa shape index (κ1) is 17.7. The first-order chi connectivity index (χ1) is 13.2. The van der Waals surface area contributed by atoms with Crippen molar-refractivity contribution < 1.29 is 14.0 Å². The predicted molar refractivity (Wildman–Crippen MR) is 102 cm³/mol. The van der Waals surface area contributed by atoms with Crippen LogP contribution in [0, 0.1) is 0 Å². The van der Waals surface area contributed by atoms with E-state index < -0.39 is 0 Å². The lowest BCUT2D eigenvalue weighted by Crippen LogP contribution is -2.56. The Bertz CT molecular complexity index is 796. The Morgan fingerprint density at radius 2 is 2.04 bits per heavy atom. The number of carbonyl (C=O) groups excluding carboxylic acids is 2. The van der Waals surface area contributed by atoms with E-state index in [0.717, 1.165) is 49.0 Å². The molecule has 2 aliphatic rings. The molecule has 144 valence electrons. The summed E-state index contributed by atoms with van der Waals surface area (Å²) in [7, 11) is 1.64. The number of amides is 4. The second-order valence-electron chi connectivity index (χ2n) is 7.34. The number of hydrogen-bond donors (Lipinski definition) is 2. The molecule has 0 bridgehead atoms. The molecule has 2 heterocycles. The Morgan fingerprint density at radius 1 is 1.22 bits per heavy atom. The molecule has 4 amide bonds. The third-order valence-corrected chi connectivity index (χ3v) is 5.36. The lowest BCUT2D eigenvalue weighted by atomic mass is 10.0. The van der Waals surface area contributed by atoms with Crippen LogP contribution in [-0.4, -0.2) is 54.1 Å². The summed E-state index contributed by atoms with van der Waals surface area (Å²) >= 11 is 0. The van der Waals surface area contributed by atoms with Gasteiger partial charge in [-0.3, -0.25) is 0 Å². The van der Waals surface area contributed by atoms with Crippen molar-refractivity contribution in [3.63, 3.8) is 0 Å². The zero-order valence-electron chi connectivity index (χ0n) is 15.6. The second kappa shape index (κ2) is 7.50. The molecule has 1 aromatic carbocycles. The highest BCUT2D eigenvalue weighted by Crippen LogP contribution is 2.31. The average molecular weight is 370 g/mol. The van der Waals surface area contributed by atoms with Crippen molar-refractivity contribution in [1.82, 2.24) is 20.4 Å². The molecule has 2 fully saturated rings. The minimum Gasteiger partial charge on any atom is -0.459 e. The highest BCUT2D eigenvalue weighted by Gasteiger charge is 2.39. The van der Waals surface area contributed by atoms with Crippen LogP contribution in [-0.2, 0) is 6.54 Å². The fourth-order valence-corrected chi connectivity index (χ4v) is 3.88. The summed E-state index contributed by atoms with van der Waals surface area (Å²) < 4.78 is 5.79. The number of furan rings is 1. The summed E-state index contributed by atoms with van der Waals surface area (Å²) in [4.78, 5) is 28.6. The topological polar surface area (TPSA) is 77.8 Å². The number of fused-ring (bicyclic) bond motifs is 1. The van der Waals surface area contributed by atoms with E-state index in [1.165, 1.54) is 0 Å². The van der Waals surface area contributed by atoms with E-state index in [0.29, 0.717) is 13.1 Å². The number of para-hydroxylation sites is 1. The maximum absolute atomic E-state index is 12.9. The van der Waals surface area contributed by atoms with Crippen molar-refractivity contribution in [1.29, 1.82) is 0 Å². The normalized spacial score (nSPS) is 19.7. The molecule has 0 unspecified atom stereocenters. The van der Waals surface area contributed by atoms with Crippen LogP contribution >= 0.6 is 0 Å². The monoisotopic (exact) mass is 370 g/mol. The van der Waals surface area contributed by atoms with Crippen LogP contribution in [0.15, 0.2) is 34.7 Å². The van der Waals surface area contributed by atoms with Crippen LogP contribution in [0.3, 0.4) is 0 Å². The van der Waals surface area contributed by atoms with Gasteiger partial charge < -0.3 is 24.9 Å². The first-order valence-electron chi connectivity index (χ1n) is 9.66. The van der Waals surface area contributed by atoms with Crippen molar-refractivity contribution in [3.05, 3.63) is 36.1 Å². The highest BCUT2D eigenvalue weighted by molar-refractivity contribution is 5.79. The molecular weight excluding hydrogens is 344 g/mol. The molecule has 1 atom stereocenters. The van der Waals surface area contributed by atoms with Gasteiger partial charge in [0.2, 0.25) is 0 Å². The number of likely N-dealkylation sites (tertiary alicyclic amines) is 1. The van der Waals surface area contributed by atoms with Crippen molar-refractivity contribution >= 4 is 23.0 Å². The maximum atomic E-state index is 12.9. The van der Waals surface area contributed by atoms with Gasteiger partial charge in [-0.05, 0) is 37.8 Å². The largest absolute Gasteiger partial charge is 0.459 e. The van der Waals surface area contributed by atoms with Crippen LogP contribution in [0.25, 0.3) is 11.0 Å². The number of benzene rings is 1. The standard InChI is InChI=1S/C20H26N4O3/c1-21-19(25)23-10-4-6-16(13-23)24(15-8-9-15)20(26)22-12-17-11-14-5-2-3-7-18(14)27-17/h2-3,5,7,11,15-16H,4,6,8-10,12-13H2,1H3,(H,21,25)(H,22,26)/t16-/m1/s1. The number of urea groups is 2. The summed E-state index contributed by atoms with van der Waals surface area (Å²) in [5, 5.41) is 6.73. The summed E-state index contributed by atoms with van der Waals surface area (Å²) in [5.41, 5.74) is 0.828. The van der Waals surface area contributed by atoms with Gasteiger partial charge in [0.05, 0.1) is 12.6 Å². The molecule has 2 aromatic rings. The predicted octanol–water partition coefficient (Wildman–Crippen LogP) is 2.91. The Morgan fingerprint density at radius 3 is 2.78 bits per heavy atom. The Balaban J connectivity index is 1.41. The smallest absolute Gasteiger partial charge is 0.318 e. The zero-order chi connectivity index (χ0) is 18.8. The van der Waals surface area contributed by atoms with Gasteiger partial charge in [-0.15, -0.1) is 0 Å². The molecule has 1 saturated carbocycles. The van der Waals surface area contributed by atoms with Crippen LogP contribution < -0.4 is 10.6 Å². The molecule has 2 N–H and O–H groups in total. The number of nitrogens with zero attached hydrogens (tertiary/aromatic N) is 2. The molecule has 0 spiro atoms. The van der Waals surface area contributed by atoms with Gasteiger partial charge in [-0.1, -0.05) is 18.2 Å². The van der Waals surface area contributed by atoms with Crippen LogP contribution in [0.5, 0.6) is 0 Å². The van der Waals surface area contributed by atoms with Gasteiger partial charge in [0, 0.05) is 31.6 Å². The SMILES string of the molecule is CNC(=O)N1CCC[C@@H](N(C(=O)NCc2cc3ccccc3o2)C2CC2)C1. The summed E-state index contributed by atoms with van der Waals surface area (Å²) in [6, 6.07) is 10.0. The first-order valence-corrected chi connectivity index (χ1v) is 9.66. The molecule has 1 aromatic heterocycles. The van der Waals surface area contributed by atoms with Gasteiger partial charge >= 0.3 is 12.1 Å². The number of rotatable bonds is 4. The molecular formula is C20H26N4O3. The molecule has 27 heavy (non-hydrogen) atoms. The molecule has 1 saturated heterocycles. The number of carbonyl (C=O) groups is 2. The van der Waals surface area contributed by atoms with Gasteiger partial charge in [-0.2, -0.15) is 0 Å². The van der Waals surface area contributed by atoms with Gasteiger partial charge in [0.1, 0.15) is 11.3 Å². The molecule has 0 radical (unpaired) electrons. The minimum atomic E-state index is -0.0712. The van der Waals surface area contributed by atoms with E-state index in [1.54, 1.807) is 11.9 Å². The lowest BCUT2D eigenvalue weighted by molar-refractivity contribution is 0.115. The van der Waals surface area contributed by atoms with E-state index in [-0.39, 0.29) is 24.1 Å². The van der Waals surface area contributed by atoms with E-state index in [2.05, 4.69) is 10.6 Å². The molecule has 7 nitrogen and oxygen atoms in total. The van der Waals surface area contributed by atoms with E-state index >= 15 is 0 Å². The number of hydrogen-bond acceptors (Lipinski definition) is 3. The zero-order valence-corrected chi connectivity index (χ0v) is 15.6. The third-order valence-electron chi connectivity index (χ3n) is 5.36. The summed E-state index contributed by atoms with van der Waals surface area (Å²) in [6.07, 6.45) is 3.92. The third kappa shape index (κ3) is 3.86. The van der Waals surface area contributed by atoms with Gasteiger partial charge in [0.15, 0.2) is 0 Å². The Kier molecular flexibility index (Phi) is 4.92. The molecule has 4 rings (SSSR count). The average Bonchev–Trinajstić information content (AvgIpc) is 3.43. The Hall–Kier alpha value is -2.70. The quantitative estimate of drug-likeness (QED) is 0.869. The molecule has 1 aliphatic carbocycles. The Labute approximate surface area is 158 Å². The van der Waals surface area contributed by atoms with Gasteiger partial charge in [0.25, 0.3) is 0 Å². The van der Waals surface area contributed by atoms with Crippen molar-refractivity contribution in [2.45, 2.75) is 44.3 Å². The van der Waals surface area contributed by atoms with Crippen LogP contribution in [0.4, 0.5) is 9.59 Å².